The molecule has 4 heteroatoms. The smallest absolute Gasteiger partial charge is 0.208 e. The van der Waals surface area contributed by atoms with Gasteiger partial charge in [0.15, 0.2) is 0 Å². The van der Waals surface area contributed by atoms with Crippen LogP contribution in [-0.2, 0) is 0 Å². The van der Waals surface area contributed by atoms with Crippen LogP contribution < -0.4 is 14.8 Å². The average molecular weight is 437 g/mol. The van der Waals surface area contributed by atoms with Gasteiger partial charge in [0.2, 0.25) is 5.36 Å². The molecule has 0 atom stereocenters. The predicted octanol–water partition coefficient (Wildman–Crippen LogP) is 6.36. The molecule has 0 saturated carbocycles. The number of anilines is 1. The molecule has 0 unspecified atom stereocenters. The van der Waals surface area contributed by atoms with E-state index in [-0.39, 0.29) is 5.41 Å². The lowest BCUT2D eigenvalue weighted by Crippen LogP contribution is -2.25. The van der Waals surface area contributed by atoms with Crippen molar-refractivity contribution in [3.05, 3.63) is 47.3 Å². The topological polar surface area (TPSA) is 19.1 Å². The van der Waals surface area contributed by atoms with Crippen molar-refractivity contribution in [2.75, 3.05) is 33.1 Å². The molecule has 0 amide bonds. The number of rotatable bonds is 6. The van der Waals surface area contributed by atoms with Gasteiger partial charge in [-0.25, -0.2) is 9.56 Å². The highest BCUT2D eigenvalue weighted by Gasteiger charge is 2.25. The fraction of sp³-hybridized carbons (Fsp3) is 0.481. The first-order chi connectivity index (χ1) is 14.4. The maximum Gasteiger partial charge on any atom is 0.208 e. The molecule has 3 nitrogen and oxygen atoms in total. The Hall–Kier alpha value is -2.20. The number of hydrogen-bond donors (Lipinski definition) is 0. The quantitative estimate of drug-likeness (QED) is 0.330. The first-order valence-corrected chi connectivity index (χ1v) is 12.0. The van der Waals surface area contributed by atoms with Gasteiger partial charge in [0.1, 0.15) is 14.1 Å². The van der Waals surface area contributed by atoms with Gasteiger partial charge in [-0.15, -0.1) is 11.3 Å². The van der Waals surface area contributed by atoms with Crippen molar-refractivity contribution in [3.8, 4) is 10.6 Å². The monoisotopic (exact) mass is 436 g/mol. The highest BCUT2D eigenvalue weighted by molar-refractivity contribution is 7.21. The van der Waals surface area contributed by atoms with Crippen molar-refractivity contribution in [1.29, 1.82) is 0 Å². The van der Waals surface area contributed by atoms with Crippen molar-refractivity contribution in [3.63, 3.8) is 0 Å². The summed E-state index contributed by atoms with van der Waals surface area (Å²) in [6, 6.07) is 11.0. The summed E-state index contributed by atoms with van der Waals surface area (Å²) in [5.74, 6) is 0. The third-order valence-electron chi connectivity index (χ3n) is 6.12. The van der Waals surface area contributed by atoms with Crippen LogP contribution in [0, 0.1) is 10.8 Å². The third-order valence-corrected chi connectivity index (χ3v) is 7.21. The molecule has 0 N–H and O–H groups in total. The fourth-order valence-corrected chi connectivity index (χ4v) is 5.21. The second-order valence-electron chi connectivity index (χ2n) is 10.5. The molecule has 0 fully saturated rings. The number of nitrogens with zero attached hydrogens (tertiary/aromatic N) is 3. The molecule has 1 aromatic rings. The van der Waals surface area contributed by atoms with Crippen molar-refractivity contribution < 1.29 is 0 Å². The molecule has 0 aromatic heterocycles. The van der Waals surface area contributed by atoms with Gasteiger partial charge in [0.05, 0.1) is 20.8 Å². The maximum absolute atomic E-state index is 5.00. The fourth-order valence-electron chi connectivity index (χ4n) is 4.20. The third kappa shape index (κ3) is 5.54. The number of hydrogen-bond acceptors (Lipinski definition) is 3. The van der Waals surface area contributed by atoms with Crippen LogP contribution in [0.15, 0.2) is 36.4 Å². The molecule has 0 spiro atoms. The minimum Gasteiger partial charge on any atom is -0.378 e. The molecule has 1 aliphatic carbocycles. The molecule has 0 saturated heterocycles. The van der Waals surface area contributed by atoms with Crippen LogP contribution in [0.25, 0.3) is 26.9 Å². The second-order valence-corrected chi connectivity index (χ2v) is 11.6. The minimum absolute atomic E-state index is 0.139. The normalized spacial score (nSPS) is 12.8. The summed E-state index contributed by atoms with van der Waals surface area (Å²) < 4.78 is 3.42. The van der Waals surface area contributed by atoms with E-state index in [1.807, 2.05) is 11.3 Å². The Morgan fingerprint density at radius 2 is 1.77 bits per heavy atom. The summed E-state index contributed by atoms with van der Waals surface area (Å²) in [6.45, 7) is 11.7. The van der Waals surface area contributed by atoms with Crippen molar-refractivity contribution in [2.45, 2.75) is 47.5 Å². The van der Waals surface area contributed by atoms with Gasteiger partial charge in [-0.3, -0.25) is 0 Å². The highest BCUT2D eigenvalue weighted by Crippen LogP contribution is 2.37. The minimum atomic E-state index is 0.139. The SMILES string of the molecule is CCC(C)(C)CC(C)(C)/C=C/c1cc2nc3ccc(N(C)C)cc3sc-2cc1=[N+](C)C. The lowest BCUT2D eigenvalue weighted by atomic mass is 9.73. The van der Waals surface area contributed by atoms with E-state index in [0.717, 1.165) is 17.6 Å². The van der Waals surface area contributed by atoms with E-state index in [9.17, 15) is 0 Å². The van der Waals surface area contributed by atoms with Gasteiger partial charge in [-0.05, 0) is 41.5 Å². The Bertz CT molecular complexity index is 1140. The summed E-state index contributed by atoms with van der Waals surface area (Å²) in [6.07, 6.45) is 7.03. The lowest BCUT2D eigenvalue weighted by Gasteiger charge is -2.32. The van der Waals surface area contributed by atoms with Crippen molar-refractivity contribution in [1.82, 2.24) is 9.56 Å². The van der Waals surface area contributed by atoms with Crippen molar-refractivity contribution >= 4 is 33.3 Å². The van der Waals surface area contributed by atoms with E-state index in [4.69, 9.17) is 4.98 Å². The van der Waals surface area contributed by atoms with E-state index in [2.05, 4.69) is 115 Å². The Balaban J connectivity index is 2.11. The van der Waals surface area contributed by atoms with E-state index >= 15 is 0 Å². The molecular weight excluding hydrogens is 398 g/mol. The number of fused-ring (bicyclic) bond motifs is 2. The summed E-state index contributed by atoms with van der Waals surface area (Å²) in [4.78, 5) is 8.35. The van der Waals surface area contributed by atoms with E-state index < -0.39 is 0 Å². The van der Waals surface area contributed by atoms with Gasteiger partial charge in [0, 0.05) is 31.4 Å². The van der Waals surface area contributed by atoms with Gasteiger partial charge < -0.3 is 4.90 Å². The molecule has 166 valence electrons. The van der Waals surface area contributed by atoms with Crippen LogP contribution in [0.1, 0.15) is 53.0 Å². The zero-order valence-electron chi connectivity index (χ0n) is 20.7. The standard InChI is InChI=1S/C27H38N3S/c1-10-26(2,3)18-27(4,5)14-13-19-15-22-25(17-23(19)30(8)9)31-24-16-20(29(6)7)11-12-21(24)28-22/h11-17H,10,18H2,1-9H3/q+1/b14-13+. The summed E-state index contributed by atoms with van der Waals surface area (Å²) >= 11 is 1.82. The van der Waals surface area contributed by atoms with E-state index in [1.54, 1.807) is 0 Å². The van der Waals surface area contributed by atoms with Gasteiger partial charge >= 0.3 is 0 Å². The summed E-state index contributed by atoms with van der Waals surface area (Å²) in [7, 11) is 8.39. The average Bonchev–Trinajstić information content (AvgIpc) is 2.68. The molecule has 31 heavy (non-hydrogen) atoms. The summed E-state index contributed by atoms with van der Waals surface area (Å²) in [5.41, 5.74) is 5.03. The molecule has 0 bridgehead atoms. The van der Waals surface area contributed by atoms with Crippen LogP contribution in [0.3, 0.4) is 0 Å². The molecule has 2 aliphatic rings. The molecule has 1 heterocycles. The summed E-state index contributed by atoms with van der Waals surface area (Å²) in [5, 5.41) is 1.23. The van der Waals surface area contributed by atoms with E-state index in [1.165, 1.54) is 32.6 Å². The maximum atomic E-state index is 5.00. The largest absolute Gasteiger partial charge is 0.378 e. The molecule has 1 aromatic carbocycles. The van der Waals surface area contributed by atoms with Crippen LogP contribution >= 0.6 is 11.3 Å². The zero-order chi connectivity index (χ0) is 23.0. The second kappa shape index (κ2) is 8.74. The van der Waals surface area contributed by atoms with Crippen LogP contribution in [0.4, 0.5) is 5.69 Å². The van der Waals surface area contributed by atoms with Crippen LogP contribution in [0.5, 0.6) is 0 Å². The predicted molar refractivity (Wildman–Crippen MR) is 139 cm³/mol. The van der Waals surface area contributed by atoms with Crippen LogP contribution in [0.2, 0.25) is 0 Å². The van der Waals surface area contributed by atoms with Crippen molar-refractivity contribution in [2.24, 2.45) is 10.8 Å². The Morgan fingerprint density at radius 3 is 2.39 bits per heavy atom. The molecule has 1 aliphatic heterocycles. The lowest BCUT2D eigenvalue weighted by molar-refractivity contribution is 0.230. The Labute approximate surface area is 192 Å². The first-order valence-electron chi connectivity index (χ1n) is 11.2. The number of allylic oxidation sites excluding steroid dienone is 1. The van der Waals surface area contributed by atoms with Gasteiger partial charge in [0.25, 0.3) is 0 Å². The van der Waals surface area contributed by atoms with E-state index in [0.29, 0.717) is 5.41 Å². The Kier molecular flexibility index (Phi) is 6.61. The number of benzene rings is 2. The first kappa shape index (κ1) is 23.5. The van der Waals surface area contributed by atoms with Crippen LogP contribution in [-0.4, -0.2) is 33.2 Å². The van der Waals surface area contributed by atoms with Gasteiger partial charge in [-0.1, -0.05) is 53.2 Å². The molecular formula is C27H38N3S+. The number of aromatic nitrogens is 1. The molecule has 3 rings (SSSR count). The Morgan fingerprint density at radius 1 is 1.06 bits per heavy atom. The molecule has 0 radical (unpaired) electrons. The highest BCUT2D eigenvalue weighted by atomic mass is 32.1. The van der Waals surface area contributed by atoms with Gasteiger partial charge in [-0.2, -0.15) is 0 Å². The zero-order valence-corrected chi connectivity index (χ0v) is 21.5.